The van der Waals surface area contributed by atoms with Gasteiger partial charge in [0.25, 0.3) is 5.91 Å². The highest BCUT2D eigenvalue weighted by Gasteiger charge is 2.35. The molecule has 0 unspecified atom stereocenters. The van der Waals surface area contributed by atoms with E-state index in [1.165, 1.54) is 23.8 Å². The zero-order valence-corrected chi connectivity index (χ0v) is 18.9. The van der Waals surface area contributed by atoms with Crippen LogP contribution >= 0.6 is 0 Å². The maximum Gasteiger partial charge on any atom is 0.252 e. The van der Waals surface area contributed by atoms with Crippen LogP contribution in [-0.2, 0) is 16.0 Å². The lowest BCUT2D eigenvalue weighted by Gasteiger charge is -2.33. The Hall–Kier alpha value is -3.32. The van der Waals surface area contributed by atoms with E-state index in [0.717, 1.165) is 23.3 Å². The van der Waals surface area contributed by atoms with E-state index in [4.69, 9.17) is 4.74 Å². The highest BCUT2D eigenvalue weighted by atomic mass is 19.1. The first kappa shape index (κ1) is 22.9. The van der Waals surface area contributed by atoms with Gasteiger partial charge in [-0.15, -0.1) is 0 Å². The molecule has 1 aliphatic rings. The molecular formula is C26H28FN3O3. The fourth-order valence-electron chi connectivity index (χ4n) is 4.30. The number of pyridine rings is 1. The number of nitrogens with one attached hydrogen (secondary N) is 1. The number of hydrogen-bond donors (Lipinski definition) is 1. The normalized spacial score (nSPS) is 16.9. The summed E-state index contributed by atoms with van der Waals surface area (Å²) in [6.45, 7) is 5.32. The van der Waals surface area contributed by atoms with Gasteiger partial charge in [-0.1, -0.05) is 24.3 Å². The summed E-state index contributed by atoms with van der Waals surface area (Å²) >= 11 is 0. The van der Waals surface area contributed by atoms with Crippen molar-refractivity contribution in [2.45, 2.75) is 25.8 Å². The minimum atomic E-state index is -1.15. The second-order valence-electron chi connectivity index (χ2n) is 9.00. The number of halogens is 1. The molecule has 1 fully saturated rings. The van der Waals surface area contributed by atoms with Crippen molar-refractivity contribution in [2.75, 3.05) is 26.3 Å². The average Bonchev–Trinajstić information content (AvgIpc) is 3.04. The molecule has 7 heteroatoms. The number of hydrogen-bond acceptors (Lipinski definition) is 4. The number of nitrogens with zero attached hydrogens (tertiary/aromatic N) is 2. The van der Waals surface area contributed by atoms with Gasteiger partial charge in [0.05, 0.1) is 13.2 Å². The van der Waals surface area contributed by atoms with Crippen molar-refractivity contribution in [2.24, 2.45) is 5.92 Å². The van der Waals surface area contributed by atoms with Gasteiger partial charge in [-0.2, -0.15) is 0 Å². The van der Waals surface area contributed by atoms with Crippen molar-refractivity contribution < 1.29 is 18.7 Å². The first-order chi connectivity index (χ1) is 15.8. The fraction of sp³-hybridized carbons (Fsp3) is 0.346. The zero-order valence-electron chi connectivity index (χ0n) is 18.9. The van der Waals surface area contributed by atoms with Gasteiger partial charge in [-0.3, -0.25) is 14.6 Å². The maximum atomic E-state index is 13.5. The molecule has 172 valence electrons. The topological polar surface area (TPSA) is 71.5 Å². The van der Waals surface area contributed by atoms with Crippen molar-refractivity contribution >= 4 is 22.6 Å². The van der Waals surface area contributed by atoms with Crippen molar-refractivity contribution in [1.82, 2.24) is 15.2 Å². The molecule has 6 nitrogen and oxygen atoms in total. The summed E-state index contributed by atoms with van der Waals surface area (Å²) in [6, 6.07) is 13.6. The van der Waals surface area contributed by atoms with Crippen LogP contribution in [0.5, 0.6) is 0 Å². The molecule has 3 aromatic rings. The van der Waals surface area contributed by atoms with Crippen LogP contribution in [0.15, 0.2) is 60.9 Å². The van der Waals surface area contributed by atoms with Crippen LogP contribution in [0, 0.1) is 11.7 Å². The number of fused-ring (bicyclic) bond motifs is 1. The minimum Gasteiger partial charge on any atom is -0.379 e. The fourth-order valence-corrected chi connectivity index (χ4v) is 4.30. The van der Waals surface area contributed by atoms with Gasteiger partial charge < -0.3 is 15.0 Å². The second kappa shape index (κ2) is 9.67. The van der Waals surface area contributed by atoms with Gasteiger partial charge in [-0.25, -0.2) is 4.39 Å². The summed E-state index contributed by atoms with van der Waals surface area (Å²) in [5.74, 6) is -1.06. The Labute approximate surface area is 192 Å². The van der Waals surface area contributed by atoms with Gasteiger partial charge in [0.1, 0.15) is 11.4 Å². The molecule has 0 bridgehead atoms. The molecule has 2 heterocycles. The average molecular weight is 450 g/mol. The largest absolute Gasteiger partial charge is 0.379 e. The summed E-state index contributed by atoms with van der Waals surface area (Å²) in [5.41, 5.74) is 0.221. The Morgan fingerprint density at radius 1 is 1.21 bits per heavy atom. The Morgan fingerprint density at radius 2 is 2.03 bits per heavy atom. The third-order valence-corrected chi connectivity index (χ3v) is 5.95. The molecule has 4 rings (SSSR count). The number of rotatable bonds is 5. The van der Waals surface area contributed by atoms with E-state index in [1.54, 1.807) is 24.9 Å². The predicted octanol–water partition coefficient (Wildman–Crippen LogP) is 3.60. The zero-order chi connectivity index (χ0) is 23.4. The molecule has 0 spiro atoms. The number of ether oxygens (including phenoxy) is 1. The molecule has 33 heavy (non-hydrogen) atoms. The minimum absolute atomic E-state index is 0.116. The third-order valence-electron chi connectivity index (χ3n) is 5.95. The quantitative estimate of drug-likeness (QED) is 0.646. The Kier molecular flexibility index (Phi) is 6.70. The molecule has 1 N–H and O–H groups in total. The Balaban J connectivity index is 1.47. The van der Waals surface area contributed by atoms with E-state index < -0.39 is 17.3 Å². The van der Waals surface area contributed by atoms with E-state index in [1.807, 2.05) is 24.4 Å². The monoisotopic (exact) mass is 449 g/mol. The lowest BCUT2D eigenvalue weighted by atomic mass is 9.95. The second-order valence-corrected chi connectivity index (χ2v) is 9.00. The van der Waals surface area contributed by atoms with Gasteiger partial charge in [0.15, 0.2) is 0 Å². The molecule has 0 radical (unpaired) electrons. The smallest absolute Gasteiger partial charge is 0.252 e. The number of carbonyl (C=O) groups excluding carboxylic acids is 2. The molecule has 1 aromatic heterocycles. The molecule has 0 saturated carbocycles. The van der Waals surface area contributed by atoms with Crippen molar-refractivity contribution in [1.29, 1.82) is 0 Å². The molecule has 1 saturated heterocycles. The molecular weight excluding hydrogens is 421 g/mol. The van der Waals surface area contributed by atoms with Crippen molar-refractivity contribution in [3.63, 3.8) is 0 Å². The summed E-state index contributed by atoms with van der Waals surface area (Å²) in [7, 11) is 0. The van der Waals surface area contributed by atoms with E-state index in [9.17, 15) is 14.0 Å². The van der Waals surface area contributed by atoms with Crippen molar-refractivity contribution in [3.05, 3.63) is 77.9 Å². The first-order valence-corrected chi connectivity index (χ1v) is 11.1. The molecule has 2 aromatic carbocycles. The van der Waals surface area contributed by atoms with E-state index in [0.29, 0.717) is 26.3 Å². The van der Waals surface area contributed by atoms with Crippen LogP contribution < -0.4 is 5.32 Å². The van der Waals surface area contributed by atoms with Gasteiger partial charge in [0.2, 0.25) is 5.91 Å². The molecule has 2 amide bonds. The van der Waals surface area contributed by atoms with Crippen LogP contribution in [0.3, 0.4) is 0 Å². The van der Waals surface area contributed by atoms with E-state index >= 15 is 0 Å². The number of benzene rings is 2. The van der Waals surface area contributed by atoms with Crippen LogP contribution in [0.25, 0.3) is 10.8 Å². The number of carbonyl (C=O) groups is 2. The van der Waals surface area contributed by atoms with E-state index in [-0.39, 0.29) is 17.4 Å². The summed E-state index contributed by atoms with van der Waals surface area (Å²) < 4.78 is 19.3. The lowest BCUT2D eigenvalue weighted by molar-refractivity contribution is -0.137. The van der Waals surface area contributed by atoms with Crippen molar-refractivity contribution in [3.8, 4) is 0 Å². The van der Waals surface area contributed by atoms with E-state index in [2.05, 4.69) is 16.4 Å². The SMILES string of the molecule is CC(C)(NC(=O)c1cccc(F)c1)C(=O)N1CCOC[C@H](Cc2cccc3cnccc23)C1. The number of aromatic nitrogens is 1. The van der Waals surface area contributed by atoms with Gasteiger partial charge in [-0.05, 0) is 55.5 Å². The summed E-state index contributed by atoms with van der Waals surface area (Å²) in [4.78, 5) is 32.0. The van der Waals surface area contributed by atoms with Crippen LogP contribution in [0.4, 0.5) is 4.39 Å². The van der Waals surface area contributed by atoms with Gasteiger partial charge >= 0.3 is 0 Å². The maximum absolute atomic E-state index is 13.5. The standard InChI is InChI=1S/C26H28FN3O3/c1-26(2,29-24(31)20-6-4-8-22(27)14-20)25(32)30-11-12-33-17-18(16-30)13-19-5-3-7-21-15-28-10-9-23(19)21/h3-10,14-15,18H,11-13,16-17H2,1-2H3,(H,29,31)/t18-/m1/s1. The molecule has 1 atom stereocenters. The van der Waals surface area contributed by atoms with Crippen LogP contribution in [-0.4, -0.2) is 53.5 Å². The number of amides is 2. The third kappa shape index (κ3) is 5.37. The summed E-state index contributed by atoms with van der Waals surface area (Å²) in [5, 5.41) is 4.99. The lowest BCUT2D eigenvalue weighted by Crippen LogP contribution is -2.57. The Morgan fingerprint density at radius 3 is 2.85 bits per heavy atom. The molecule has 1 aliphatic heterocycles. The van der Waals surface area contributed by atoms with Crippen LogP contribution in [0.2, 0.25) is 0 Å². The highest BCUT2D eigenvalue weighted by molar-refractivity contribution is 5.99. The highest BCUT2D eigenvalue weighted by Crippen LogP contribution is 2.23. The summed E-state index contributed by atoms with van der Waals surface area (Å²) in [6.07, 6.45) is 4.40. The Bertz CT molecular complexity index is 1160. The van der Waals surface area contributed by atoms with Crippen LogP contribution in [0.1, 0.15) is 29.8 Å². The predicted molar refractivity (Wildman–Crippen MR) is 124 cm³/mol. The van der Waals surface area contributed by atoms with Gasteiger partial charge in [0, 0.05) is 42.4 Å². The molecule has 0 aliphatic carbocycles. The first-order valence-electron chi connectivity index (χ1n) is 11.1.